The average Bonchev–Trinajstić information content (AvgIpc) is 3.53. The van der Waals surface area contributed by atoms with Gasteiger partial charge in [-0.3, -0.25) is 4.79 Å². The molecule has 0 unspecified atom stereocenters. The molecular weight excluding hydrogens is 433 g/mol. The fraction of sp³-hybridized carbons (Fsp3) is 0.231. The van der Waals surface area contributed by atoms with Crippen molar-refractivity contribution in [2.75, 3.05) is 0 Å². The van der Waals surface area contributed by atoms with Crippen LogP contribution in [0.2, 0.25) is 0 Å². The summed E-state index contributed by atoms with van der Waals surface area (Å²) in [5.74, 6) is -0.0326. The molecule has 0 N–H and O–H groups in total. The molecule has 0 atom stereocenters. The second kappa shape index (κ2) is 8.94. The molecule has 0 spiro atoms. The van der Waals surface area contributed by atoms with Crippen molar-refractivity contribution in [2.24, 2.45) is 7.05 Å². The second-order valence-electron chi connectivity index (χ2n) is 8.38. The van der Waals surface area contributed by atoms with Crippen molar-refractivity contribution in [1.82, 2.24) is 19.3 Å². The van der Waals surface area contributed by atoms with Gasteiger partial charge in [0.15, 0.2) is 0 Å². The highest BCUT2D eigenvalue weighted by Crippen LogP contribution is 2.32. The summed E-state index contributed by atoms with van der Waals surface area (Å²) in [4.78, 5) is 16.9. The molecule has 1 fully saturated rings. The smallest absolute Gasteiger partial charge is 0.250 e. The first-order valence-electron chi connectivity index (χ1n) is 11.1. The summed E-state index contributed by atoms with van der Waals surface area (Å²) in [5.41, 5.74) is 3.04. The summed E-state index contributed by atoms with van der Waals surface area (Å²) in [6.45, 7) is 0. The van der Waals surface area contributed by atoms with Crippen LogP contribution in [0.3, 0.4) is 0 Å². The number of aromatic nitrogens is 4. The summed E-state index contributed by atoms with van der Waals surface area (Å²) < 4.78 is 23.0. The van der Waals surface area contributed by atoms with Gasteiger partial charge in [-0.15, -0.1) is 0 Å². The molecule has 4 aromatic rings. The number of ether oxygens (including phenoxy) is 1. The van der Waals surface area contributed by atoms with E-state index in [0.717, 1.165) is 24.0 Å². The highest BCUT2D eigenvalue weighted by molar-refractivity contribution is 5.82. The first-order chi connectivity index (χ1) is 16.5. The number of rotatable bonds is 5. The zero-order chi connectivity index (χ0) is 23.7. The van der Waals surface area contributed by atoms with Crippen LogP contribution in [0.25, 0.3) is 27.9 Å². The van der Waals surface area contributed by atoms with Crippen LogP contribution in [-0.4, -0.2) is 25.4 Å². The Morgan fingerprint density at radius 2 is 1.91 bits per heavy atom. The monoisotopic (exact) mass is 455 g/mol. The Kier molecular flexibility index (Phi) is 5.68. The molecular formula is C26H22FN5O2. The summed E-state index contributed by atoms with van der Waals surface area (Å²) in [6, 6.07) is 11.6. The maximum Gasteiger partial charge on any atom is 0.250 e. The molecule has 0 aliphatic heterocycles. The molecule has 3 heterocycles. The molecule has 0 amide bonds. The van der Waals surface area contributed by atoms with Gasteiger partial charge in [-0.2, -0.15) is 10.4 Å². The Hall–Kier alpha value is -4.25. The van der Waals surface area contributed by atoms with Crippen LogP contribution in [0.4, 0.5) is 4.39 Å². The van der Waals surface area contributed by atoms with Crippen LogP contribution in [0.15, 0.2) is 66.0 Å². The van der Waals surface area contributed by atoms with Gasteiger partial charge in [-0.05, 0) is 49.4 Å². The Morgan fingerprint density at radius 3 is 2.65 bits per heavy atom. The van der Waals surface area contributed by atoms with Crippen LogP contribution in [0.1, 0.15) is 31.2 Å². The third kappa shape index (κ3) is 4.08. The lowest BCUT2D eigenvalue weighted by atomic mass is 9.99. The Bertz CT molecular complexity index is 1440. The van der Waals surface area contributed by atoms with Crippen molar-refractivity contribution in [3.63, 3.8) is 0 Å². The molecule has 1 aromatic carbocycles. The van der Waals surface area contributed by atoms with Crippen molar-refractivity contribution in [3.8, 4) is 39.9 Å². The highest BCUT2D eigenvalue weighted by atomic mass is 19.1. The summed E-state index contributed by atoms with van der Waals surface area (Å²) >= 11 is 0. The van der Waals surface area contributed by atoms with Crippen LogP contribution in [0.5, 0.6) is 5.88 Å². The lowest BCUT2D eigenvalue weighted by Gasteiger charge is -2.13. The van der Waals surface area contributed by atoms with E-state index >= 15 is 0 Å². The van der Waals surface area contributed by atoms with Crippen LogP contribution in [0, 0.1) is 17.1 Å². The van der Waals surface area contributed by atoms with Crippen molar-refractivity contribution in [3.05, 3.63) is 82.9 Å². The van der Waals surface area contributed by atoms with Gasteiger partial charge in [-0.1, -0.05) is 6.07 Å². The van der Waals surface area contributed by atoms with Gasteiger partial charge in [-0.25, -0.2) is 14.1 Å². The van der Waals surface area contributed by atoms with E-state index in [0.29, 0.717) is 22.7 Å². The Balaban J connectivity index is 1.53. The van der Waals surface area contributed by atoms with E-state index in [2.05, 4.69) is 10.1 Å². The fourth-order valence-electron chi connectivity index (χ4n) is 4.29. The van der Waals surface area contributed by atoms with E-state index in [1.807, 2.05) is 18.2 Å². The number of nitrogens with zero attached hydrogens (tertiary/aromatic N) is 5. The van der Waals surface area contributed by atoms with Crippen molar-refractivity contribution >= 4 is 0 Å². The largest absolute Gasteiger partial charge is 0.474 e. The zero-order valence-corrected chi connectivity index (χ0v) is 18.6. The molecule has 1 aliphatic rings. The van der Waals surface area contributed by atoms with E-state index in [-0.39, 0.29) is 17.2 Å². The summed E-state index contributed by atoms with van der Waals surface area (Å²) in [5, 5.41) is 13.7. The standard InChI is InChI=1S/C26H22FN5O2/c1-31-16-22(18-14-30-32(15-18)24-8-4-7-23(27)21(24)12-28)20(11-26(31)33)17-9-10-25(29-13-17)34-19-5-2-3-6-19/h4,7-11,13-16,19H,2-3,5-6H2,1H3. The molecule has 0 saturated heterocycles. The fourth-order valence-corrected chi connectivity index (χ4v) is 4.29. The van der Waals surface area contributed by atoms with E-state index < -0.39 is 5.82 Å². The molecule has 34 heavy (non-hydrogen) atoms. The minimum absolute atomic E-state index is 0.0834. The van der Waals surface area contributed by atoms with E-state index in [1.54, 1.807) is 44.0 Å². The minimum atomic E-state index is -0.606. The van der Waals surface area contributed by atoms with Crippen molar-refractivity contribution in [2.45, 2.75) is 31.8 Å². The molecule has 8 heteroatoms. The molecule has 0 radical (unpaired) electrons. The molecule has 1 aliphatic carbocycles. The predicted octanol–water partition coefficient (Wildman–Crippen LogP) is 4.63. The van der Waals surface area contributed by atoms with Gasteiger partial charge in [0, 0.05) is 54.5 Å². The molecule has 1 saturated carbocycles. The first kappa shape index (κ1) is 21.6. The Morgan fingerprint density at radius 1 is 1.09 bits per heavy atom. The molecule has 3 aromatic heterocycles. The van der Waals surface area contributed by atoms with Crippen molar-refractivity contribution < 1.29 is 9.13 Å². The Labute approximate surface area is 195 Å². The molecule has 170 valence electrons. The van der Waals surface area contributed by atoms with Crippen molar-refractivity contribution in [1.29, 1.82) is 5.26 Å². The third-order valence-corrected chi connectivity index (χ3v) is 6.11. The minimum Gasteiger partial charge on any atom is -0.474 e. The predicted molar refractivity (Wildman–Crippen MR) is 125 cm³/mol. The van der Waals surface area contributed by atoms with E-state index in [1.165, 1.54) is 34.2 Å². The number of aryl methyl sites for hydroxylation is 1. The lowest BCUT2D eigenvalue weighted by Crippen LogP contribution is -2.15. The van der Waals surface area contributed by atoms with Gasteiger partial charge >= 0.3 is 0 Å². The SMILES string of the molecule is Cn1cc(-c2cnn(-c3cccc(F)c3C#N)c2)c(-c2ccc(OC3CCCC3)nc2)cc1=O. The molecule has 0 bridgehead atoms. The normalized spacial score (nSPS) is 13.7. The average molecular weight is 455 g/mol. The quantitative estimate of drug-likeness (QED) is 0.438. The van der Waals surface area contributed by atoms with Gasteiger partial charge in [0.1, 0.15) is 23.6 Å². The van der Waals surface area contributed by atoms with E-state index in [4.69, 9.17) is 4.74 Å². The zero-order valence-electron chi connectivity index (χ0n) is 18.6. The lowest BCUT2D eigenvalue weighted by molar-refractivity contribution is 0.201. The van der Waals surface area contributed by atoms with Gasteiger partial charge in [0.05, 0.1) is 11.9 Å². The number of hydrogen-bond donors (Lipinski definition) is 0. The highest BCUT2D eigenvalue weighted by Gasteiger charge is 2.18. The number of nitriles is 1. The van der Waals surface area contributed by atoms with Gasteiger partial charge in [0.25, 0.3) is 5.56 Å². The molecule has 7 nitrogen and oxygen atoms in total. The number of pyridine rings is 2. The summed E-state index contributed by atoms with van der Waals surface area (Å²) in [7, 11) is 1.68. The number of hydrogen-bond acceptors (Lipinski definition) is 5. The molecule has 5 rings (SSSR count). The van der Waals surface area contributed by atoms with Crippen LogP contribution >= 0.6 is 0 Å². The van der Waals surface area contributed by atoms with E-state index in [9.17, 15) is 14.4 Å². The van der Waals surface area contributed by atoms with Gasteiger partial charge in [0.2, 0.25) is 5.88 Å². The number of benzene rings is 1. The van der Waals surface area contributed by atoms with Crippen LogP contribution < -0.4 is 10.3 Å². The van der Waals surface area contributed by atoms with Gasteiger partial charge < -0.3 is 9.30 Å². The topological polar surface area (TPSA) is 85.7 Å². The third-order valence-electron chi connectivity index (χ3n) is 6.11. The first-order valence-corrected chi connectivity index (χ1v) is 11.1. The maximum absolute atomic E-state index is 14.1. The number of halogens is 1. The second-order valence-corrected chi connectivity index (χ2v) is 8.38. The maximum atomic E-state index is 14.1. The van der Waals surface area contributed by atoms with Crippen LogP contribution in [-0.2, 0) is 7.05 Å². The summed E-state index contributed by atoms with van der Waals surface area (Å²) in [6.07, 6.45) is 11.4.